The third-order valence-electron chi connectivity index (χ3n) is 2.73. The van der Waals surface area contributed by atoms with Gasteiger partial charge in [-0.05, 0) is 12.1 Å². The van der Waals surface area contributed by atoms with Gasteiger partial charge < -0.3 is 19.9 Å². The number of amides is 1. The summed E-state index contributed by atoms with van der Waals surface area (Å²) in [5.41, 5.74) is -0.381. The summed E-state index contributed by atoms with van der Waals surface area (Å²) in [5, 5.41) is 22.4. The minimum Gasteiger partial charge on any atom is -0.504 e. The largest absolute Gasteiger partial charge is 0.504 e. The molecule has 2 rings (SSSR count). The van der Waals surface area contributed by atoms with Crippen LogP contribution >= 0.6 is 0 Å². The molecule has 0 atom stereocenters. The zero-order valence-corrected chi connectivity index (χ0v) is 12.1. The third-order valence-corrected chi connectivity index (χ3v) is 2.73. The molecule has 120 valence electrons. The number of aromatic hydroxyl groups is 1. The molecule has 0 spiro atoms. The molecule has 2 aromatic rings. The topological polar surface area (TPSA) is 124 Å². The molecule has 1 aromatic heterocycles. The lowest BCUT2D eigenvalue weighted by molar-refractivity contribution is -0.385. The van der Waals surface area contributed by atoms with Gasteiger partial charge in [0.15, 0.2) is 18.2 Å². The van der Waals surface area contributed by atoms with Crippen LogP contribution in [0.4, 0.5) is 11.5 Å². The van der Waals surface area contributed by atoms with Crippen molar-refractivity contribution in [2.75, 3.05) is 19.0 Å². The number of anilines is 1. The predicted octanol–water partition coefficient (Wildman–Crippen LogP) is 1.72. The Morgan fingerprint density at radius 2 is 2.13 bits per heavy atom. The first-order valence-corrected chi connectivity index (χ1v) is 6.39. The van der Waals surface area contributed by atoms with E-state index in [-0.39, 0.29) is 18.1 Å². The highest BCUT2D eigenvalue weighted by Crippen LogP contribution is 2.25. The fourth-order valence-electron chi connectivity index (χ4n) is 1.65. The molecule has 0 aliphatic heterocycles. The number of benzene rings is 1. The van der Waals surface area contributed by atoms with E-state index < -0.39 is 16.6 Å². The average Bonchev–Trinajstić information content (AvgIpc) is 2.55. The molecular weight excluding hydrogens is 306 g/mol. The van der Waals surface area contributed by atoms with Crippen molar-refractivity contribution in [3.8, 4) is 17.2 Å². The Bertz CT molecular complexity index is 734. The summed E-state index contributed by atoms with van der Waals surface area (Å²) in [4.78, 5) is 25.2. The van der Waals surface area contributed by atoms with E-state index in [2.05, 4.69) is 10.3 Å². The molecule has 0 radical (unpaired) electrons. The molecule has 9 heteroatoms. The Morgan fingerprint density at radius 1 is 1.39 bits per heavy atom. The first-order valence-electron chi connectivity index (χ1n) is 6.39. The number of pyridine rings is 1. The van der Waals surface area contributed by atoms with E-state index in [1.54, 1.807) is 24.3 Å². The van der Waals surface area contributed by atoms with Crippen molar-refractivity contribution < 1.29 is 24.3 Å². The highest BCUT2D eigenvalue weighted by Gasteiger charge is 2.14. The van der Waals surface area contributed by atoms with Crippen molar-refractivity contribution in [2.45, 2.75) is 0 Å². The summed E-state index contributed by atoms with van der Waals surface area (Å²) in [6.07, 6.45) is 0.929. The van der Waals surface area contributed by atoms with Crippen molar-refractivity contribution in [3.63, 3.8) is 0 Å². The summed E-state index contributed by atoms with van der Waals surface area (Å²) < 4.78 is 10.3. The van der Waals surface area contributed by atoms with Crippen LogP contribution in [0.15, 0.2) is 36.5 Å². The van der Waals surface area contributed by atoms with Gasteiger partial charge in [-0.3, -0.25) is 14.9 Å². The van der Waals surface area contributed by atoms with Gasteiger partial charge in [-0.1, -0.05) is 6.07 Å². The minimum absolute atomic E-state index is 0.185. The Kier molecular flexibility index (Phi) is 4.92. The lowest BCUT2D eigenvalue weighted by atomic mass is 10.3. The SMILES string of the molecule is COc1cccc(OCC(=O)Nc2ncc([N+](=O)[O-])cc2O)c1. The number of rotatable bonds is 6. The standard InChI is InChI=1S/C14H13N3O6/c1-22-10-3-2-4-11(6-10)23-8-13(19)16-14-12(18)5-9(7-15-14)17(20)21/h2-7,18H,8H2,1H3,(H,15,16,19). The maximum atomic E-state index is 11.8. The van der Waals surface area contributed by atoms with Crippen molar-refractivity contribution in [1.82, 2.24) is 4.98 Å². The normalized spacial score (nSPS) is 9.96. The molecule has 0 aliphatic rings. The van der Waals surface area contributed by atoms with Crippen LogP contribution in [0.3, 0.4) is 0 Å². The zero-order valence-electron chi connectivity index (χ0n) is 12.1. The molecular formula is C14H13N3O6. The second kappa shape index (κ2) is 7.07. The van der Waals surface area contributed by atoms with Crippen LogP contribution in [0, 0.1) is 10.1 Å². The van der Waals surface area contributed by atoms with Gasteiger partial charge in [-0.25, -0.2) is 4.98 Å². The number of hydrogen-bond donors (Lipinski definition) is 2. The molecule has 0 unspecified atom stereocenters. The van der Waals surface area contributed by atoms with E-state index in [0.717, 1.165) is 12.3 Å². The maximum absolute atomic E-state index is 11.8. The van der Waals surface area contributed by atoms with Crippen LogP contribution in [0.2, 0.25) is 0 Å². The molecule has 2 N–H and O–H groups in total. The number of hydrogen-bond acceptors (Lipinski definition) is 7. The summed E-state index contributed by atoms with van der Waals surface area (Å²) in [5.74, 6) is -0.258. The van der Waals surface area contributed by atoms with Crippen molar-refractivity contribution in [1.29, 1.82) is 0 Å². The zero-order chi connectivity index (χ0) is 16.8. The highest BCUT2D eigenvalue weighted by molar-refractivity contribution is 5.92. The second-order valence-electron chi connectivity index (χ2n) is 4.33. The summed E-state index contributed by atoms with van der Waals surface area (Å²) in [7, 11) is 1.51. The molecule has 0 aliphatic carbocycles. The van der Waals surface area contributed by atoms with E-state index in [0.29, 0.717) is 11.5 Å². The Balaban J connectivity index is 1.95. The fraction of sp³-hybridized carbons (Fsp3) is 0.143. The van der Waals surface area contributed by atoms with Crippen LogP contribution in [-0.4, -0.2) is 34.6 Å². The smallest absolute Gasteiger partial charge is 0.291 e. The van der Waals surface area contributed by atoms with E-state index >= 15 is 0 Å². The van der Waals surface area contributed by atoms with E-state index in [1.165, 1.54) is 7.11 Å². The molecule has 23 heavy (non-hydrogen) atoms. The van der Waals surface area contributed by atoms with Gasteiger partial charge in [-0.2, -0.15) is 0 Å². The molecule has 0 bridgehead atoms. The van der Waals surface area contributed by atoms with E-state index in [9.17, 15) is 20.0 Å². The van der Waals surface area contributed by atoms with Gasteiger partial charge in [0.2, 0.25) is 0 Å². The molecule has 9 nitrogen and oxygen atoms in total. The number of nitrogens with one attached hydrogen (secondary N) is 1. The summed E-state index contributed by atoms with van der Waals surface area (Å²) >= 11 is 0. The van der Waals surface area contributed by atoms with Crippen LogP contribution in [0.1, 0.15) is 0 Å². The summed E-state index contributed by atoms with van der Waals surface area (Å²) in [6, 6.07) is 7.58. The van der Waals surface area contributed by atoms with Gasteiger partial charge in [-0.15, -0.1) is 0 Å². The second-order valence-corrected chi connectivity index (χ2v) is 4.33. The van der Waals surface area contributed by atoms with Gasteiger partial charge >= 0.3 is 0 Å². The van der Waals surface area contributed by atoms with Crippen molar-refractivity contribution >= 4 is 17.4 Å². The highest BCUT2D eigenvalue weighted by atomic mass is 16.6. The summed E-state index contributed by atoms with van der Waals surface area (Å²) in [6.45, 7) is -0.328. The number of methoxy groups -OCH3 is 1. The number of carbonyl (C=O) groups is 1. The molecule has 1 aromatic carbocycles. The van der Waals surface area contributed by atoms with Crippen molar-refractivity contribution in [3.05, 3.63) is 46.6 Å². The quantitative estimate of drug-likeness (QED) is 0.613. The molecule has 0 saturated carbocycles. The molecule has 1 heterocycles. The van der Waals surface area contributed by atoms with E-state index in [1.807, 2.05) is 0 Å². The van der Waals surface area contributed by atoms with Crippen LogP contribution < -0.4 is 14.8 Å². The Hall–Kier alpha value is -3.36. The number of nitrogens with zero attached hydrogens (tertiary/aromatic N) is 2. The van der Waals surface area contributed by atoms with Crippen LogP contribution in [-0.2, 0) is 4.79 Å². The number of ether oxygens (including phenoxy) is 2. The third kappa shape index (κ3) is 4.30. The first-order chi connectivity index (χ1) is 11.0. The van der Waals surface area contributed by atoms with Gasteiger partial charge in [0.25, 0.3) is 11.6 Å². The lowest BCUT2D eigenvalue weighted by Gasteiger charge is -2.08. The molecule has 0 saturated heterocycles. The van der Waals surface area contributed by atoms with Crippen LogP contribution in [0.25, 0.3) is 0 Å². The van der Waals surface area contributed by atoms with Crippen molar-refractivity contribution in [2.24, 2.45) is 0 Å². The average molecular weight is 319 g/mol. The number of carbonyl (C=O) groups excluding carboxylic acids is 1. The molecule has 0 fully saturated rings. The van der Waals surface area contributed by atoms with Gasteiger partial charge in [0.05, 0.1) is 18.1 Å². The Morgan fingerprint density at radius 3 is 2.78 bits per heavy atom. The van der Waals surface area contributed by atoms with Crippen LogP contribution in [0.5, 0.6) is 17.2 Å². The minimum atomic E-state index is -0.704. The fourth-order valence-corrected chi connectivity index (χ4v) is 1.65. The number of aromatic nitrogens is 1. The lowest BCUT2D eigenvalue weighted by Crippen LogP contribution is -2.20. The van der Waals surface area contributed by atoms with E-state index in [4.69, 9.17) is 9.47 Å². The predicted molar refractivity (Wildman–Crippen MR) is 79.7 cm³/mol. The monoisotopic (exact) mass is 319 g/mol. The first kappa shape index (κ1) is 16.0. The molecule has 1 amide bonds. The number of nitro groups is 1. The Labute approximate surface area is 130 Å². The van der Waals surface area contributed by atoms with Gasteiger partial charge in [0, 0.05) is 6.07 Å². The van der Waals surface area contributed by atoms with Gasteiger partial charge in [0.1, 0.15) is 17.7 Å². The maximum Gasteiger partial charge on any atom is 0.291 e.